The van der Waals surface area contributed by atoms with Crippen molar-refractivity contribution in [2.24, 2.45) is 5.73 Å². The van der Waals surface area contributed by atoms with E-state index >= 15 is 0 Å². The van der Waals surface area contributed by atoms with Gasteiger partial charge >= 0.3 is 0 Å². The smallest absolute Gasteiger partial charge is 0.275 e. The Labute approximate surface area is 449 Å². The van der Waals surface area contributed by atoms with Crippen molar-refractivity contribution in [2.75, 3.05) is 110 Å². The Hall–Kier alpha value is -8.63. The molecule has 7 amide bonds. The number of carbonyl (C=O) groups is 7. The molecule has 0 aliphatic rings. The van der Waals surface area contributed by atoms with Crippen LogP contribution in [-0.2, 0) is 33.3 Å². The van der Waals surface area contributed by atoms with E-state index in [1.807, 2.05) is 0 Å². The number of benzene rings is 2. The number of nitrogens with two attached hydrogens (primary N) is 1. The summed E-state index contributed by atoms with van der Waals surface area (Å²) in [4.78, 5) is 101. The van der Waals surface area contributed by atoms with Gasteiger partial charge in [0.05, 0.1) is 77.4 Å². The maximum atomic E-state index is 13.0. The molecule has 0 bridgehead atoms. The second kappa shape index (κ2) is 33.4. The van der Waals surface area contributed by atoms with E-state index in [0.29, 0.717) is 73.9 Å². The van der Waals surface area contributed by atoms with Crippen LogP contribution < -0.4 is 52.4 Å². The predicted molar refractivity (Wildman–Crippen MR) is 285 cm³/mol. The van der Waals surface area contributed by atoms with Crippen molar-refractivity contribution < 1.29 is 62.0 Å². The van der Waals surface area contributed by atoms with Crippen molar-refractivity contribution >= 4 is 70.7 Å². The van der Waals surface area contributed by atoms with Gasteiger partial charge in [-0.2, -0.15) is 5.10 Å². The summed E-state index contributed by atoms with van der Waals surface area (Å²) in [5, 5.41) is 30.3. The standard InChI is InChI=1S/C51H66N14O13/c1-73-41-13-11-34(60-50(71)39-30-58-43(62-39)9-5-15-52)28-36(41)47(68)56-21-23-76-25-27-78-33-46(67)64-38(49(70)55-18-7-16-53)8-3-4-17-54-45(66)32-77-26-24-75-22-20-57-48(69)37-29-35(12-14-42(37)74-2)61-51(72)40-31-65-44(63-40)10-6-19-59-65/h5-6,9-15,19,28-31,38,52H,3-4,7-8,16-18,20-27,32-33,53H2,1-2H3,(H,54,66)(H,55,70)(H,56,68)(H,57,69)(H,58,62)(H,60,71)(H,61,72)(H,64,67)/b9-5-,52-15?/t38-/m0/s1. The highest BCUT2D eigenvalue weighted by atomic mass is 16.5. The molecular formula is C51H66N14O13. The van der Waals surface area contributed by atoms with Crippen molar-refractivity contribution in [3.63, 3.8) is 0 Å². The van der Waals surface area contributed by atoms with Gasteiger partial charge in [-0.3, -0.25) is 33.6 Å². The summed E-state index contributed by atoms with van der Waals surface area (Å²) in [6, 6.07) is 11.8. The number of hydrogen-bond acceptors (Lipinski definition) is 18. The molecule has 27 heteroatoms. The third-order valence-corrected chi connectivity index (χ3v) is 10.9. The van der Waals surface area contributed by atoms with Crippen molar-refractivity contribution in [2.45, 2.75) is 31.7 Å². The van der Waals surface area contributed by atoms with Gasteiger partial charge in [-0.05, 0) is 92.9 Å². The molecule has 418 valence electrons. The maximum Gasteiger partial charge on any atom is 0.275 e. The Bertz CT molecular complexity index is 2790. The average Bonchev–Trinajstić information content (AvgIpc) is 4.12. The van der Waals surface area contributed by atoms with E-state index in [0.717, 1.165) is 6.21 Å². The molecule has 0 radical (unpaired) electrons. The molecule has 5 aromatic rings. The molecule has 11 N–H and O–H groups in total. The highest BCUT2D eigenvalue weighted by molar-refractivity contribution is 6.06. The van der Waals surface area contributed by atoms with Crippen molar-refractivity contribution in [1.82, 2.24) is 51.1 Å². The molecule has 0 aliphatic heterocycles. The van der Waals surface area contributed by atoms with Gasteiger partial charge < -0.3 is 81.8 Å². The maximum absolute atomic E-state index is 13.0. The topological polar surface area (TPSA) is 368 Å². The molecular weight excluding hydrogens is 1020 g/mol. The molecule has 2 aromatic carbocycles. The lowest BCUT2D eigenvalue weighted by Crippen LogP contribution is -2.48. The molecule has 3 heterocycles. The Morgan fingerprint density at radius 2 is 1.32 bits per heavy atom. The fourth-order valence-electron chi connectivity index (χ4n) is 7.06. The number of anilines is 2. The lowest BCUT2D eigenvalue weighted by atomic mass is 10.1. The number of unbranched alkanes of at least 4 members (excludes halogenated alkanes) is 1. The van der Waals surface area contributed by atoms with Crippen LogP contribution in [0.4, 0.5) is 11.4 Å². The molecule has 0 spiro atoms. The van der Waals surface area contributed by atoms with E-state index in [2.05, 4.69) is 57.3 Å². The van der Waals surface area contributed by atoms with Crippen LogP contribution in [0.1, 0.15) is 73.2 Å². The number of ether oxygens (including phenoxy) is 6. The molecule has 5 rings (SSSR count). The van der Waals surface area contributed by atoms with Crippen molar-refractivity contribution in [1.29, 1.82) is 5.41 Å². The Kier molecular flexibility index (Phi) is 25.8. The molecule has 0 unspecified atom stereocenters. The van der Waals surface area contributed by atoms with Crippen LogP contribution in [0.2, 0.25) is 0 Å². The number of aromatic nitrogens is 5. The summed E-state index contributed by atoms with van der Waals surface area (Å²) < 4.78 is 34.1. The van der Waals surface area contributed by atoms with Gasteiger partial charge in [0.2, 0.25) is 17.7 Å². The SMILES string of the molecule is COc1ccc(NC(=O)c2cn3ncccc3n2)cc1C(=O)NCCOCCOCC(=O)NCCCC[C@H](NC(=O)COCCOCCNC(=O)c1cc(NC(=O)c2cnc(/C=C\C=N)[nH]2)ccc1OC)C(=O)NCCCN. The summed E-state index contributed by atoms with van der Waals surface area (Å²) >= 11 is 0. The molecule has 0 saturated carbocycles. The fraction of sp³-hybridized carbons (Fsp3) is 0.392. The van der Waals surface area contributed by atoms with Crippen LogP contribution in [0.3, 0.4) is 0 Å². The number of imidazole rings is 2. The molecule has 0 fully saturated rings. The van der Waals surface area contributed by atoms with E-state index in [4.69, 9.17) is 39.6 Å². The van der Waals surface area contributed by atoms with Gasteiger partial charge in [-0.25, -0.2) is 14.5 Å². The molecule has 0 saturated heterocycles. The number of H-pyrrole nitrogens is 1. The summed E-state index contributed by atoms with van der Waals surface area (Å²) in [6.45, 7) is 1.52. The molecule has 27 nitrogen and oxygen atoms in total. The van der Waals surface area contributed by atoms with Crippen LogP contribution in [0.5, 0.6) is 11.5 Å². The Balaban J connectivity index is 0.896. The lowest BCUT2D eigenvalue weighted by molar-refractivity contribution is -0.132. The fourth-order valence-corrected chi connectivity index (χ4v) is 7.06. The van der Waals surface area contributed by atoms with Crippen LogP contribution in [-0.4, -0.2) is 178 Å². The quantitative estimate of drug-likeness (QED) is 0.0198. The highest BCUT2D eigenvalue weighted by Crippen LogP contribution is 2.24. The minimum Gasteiger partial charge on any atom is -0.496 e. The molecule has 3 aromatic heterocycles. The first-order valence-corrected chi connectivity index (χ1v) is 24.8. The zero-order chi connectivity index (χ0) is 55.9. The second-order valence-electron chi connectivity index (χ2n) is 16.6. The van der Waals surface area contributed by atoms with Gasteiger partial charge in [0.1, 0.15) is 48.0 Å². The van der Waals surface area contributed by atoms with E-state index in [9.17, 15) is 33.6 Å². The van der Waals surface area contributed by atoms with Crippen LogP contribution >= 0.6 is 0 Å². The van der Waals surface area contributed by atoms with E-state index in [1.54, 1.807) is 42.6 Å². The minimum absolute atomic E-state index is 0.0565. The zero-order valence-electron chi connectivity index (χ0n) is 43.4. The molecule has 0 aliphatic carbocycles. The monoisotopic (exact) mass is 1080 g/mol. The predicted octanol–water partition coefficient (Wildman–Crippen LogP) is 1.10. The third kappa shape index (κ3) is 20.5. The van der Waals surface area contributed by atoms with Gasteiger partial charge in [-0.15, -0.1) is 0 Å². The zero-order valence-corrected chi connectivity index (χ0v) is 43.4. The summed E-state index contributed by atoms with van der Waals surface area (Å²) in [6.07, 6.45) is 10.4. The highest BCUT2D eigenvalue weighted by Gasteiger charge is 2.21. The van der Waals surface area contributed by atoms with E-state index in [-0.39, 0.29) is 106 Å². The lowest BCUT2D eigenvalue weighted by Gasteiger charge is -2.18. The first-order chi connectivity index (χ1) is 37.9. The number of methoxy groups -OCH3 is 2. The largest absolute Gasteiger partial charge is 0.496 e. The van der Waals surface area contributed by atoms with Crippen LogP contribution in [0.25, 0.3) is 11.7 Å². The molecule has 1 atom stereocenters. The number of rotatable bonds is 36. The van der Waals surface area contributed by atoms with Gasteiger partial charge in [0.25, 0.3) is 23.6 Å². The van der Waals surface area contributed by atoms with Crippen molar-refractivity contribution in [3.8, 4) is 11.5 Å². The Morgan fingerprint density at radius 3 is 1.94 bits per heavy atom. The number of aromatic amines is 1. The van der Waals surface area contributed by atoms with Gasteiger partial charge in [-0.1, -0.05) is 0 Å². The first kappa shape index (κ1) is 60.2. The average molecular weight is 1080 g/mol. The Morgan fingerprint density at radius 1 is 0.705 bits per heavy atom. The number of allylic oxidation sites excluding steroid dienone is 1. The second-order valence-corrected chi connectivity index (χ2v) is 16.6. The number of hydrogen-bond donors (Lipinski definition) is 10. The number of amides is 7. The minimum atomic E-state index is -0.852. The number of carbonyl (C=O) groups excluding carboxylic acids is 7. The number of nitrogens with zero attached hydrogens (tertiary/aromatic N) is 4. The normalized spacial score (nSPS) is 11.4. The first-order valence-electron chi connectivity index (χ1n) is 24.8. The van der Waals surface area contributed by atoms with E-state index < -0.39 is 35.6 Å². The van der Waals surface area contributed by atoms with E-state index in [1.165, 1.54) is 55.4 Å². The third-order valence-electron chi connectivity index (χ3n) is 10.9. The summed E-state index contributed by atoms with van der Waals surface area (Å²) in [7, 11) is 2.85. The summed E-state index contributed by atoms with van der Waals surface area (Å²) in [5.74, 6) is -2.12. The summed E-state index contributed by atoms with van der Waals surface area (Å²) in [5.41, 5.74) is 7.49. The molecule has 78 heavy (non-hydrogen) atoms. The van der Waals surface area contributed by atoms with Gasteiger partial charge in [0, 0.05) is 50.0 Å². The van der Waals surface area contributed by atoms with Crippen LogP contribution in [0.15, 0.2) is 73.2 Å². The van der Waals surface area contributed by atoms with Crippen LogP contribution in [0, 0.1) is 5.41 Å². The number of fused-ring (bicyclic) bond motifs is 1. The van der Waals surface area contributed by atoms with Gasteiger partial charge in [0.15, 0.2) is 5.65 Å². The van der Waals surface area contributed by atoms with Crippen molar-refractivity contribution in [3.05, 3.63) is 102 Å². The number of nitrogens with one attached hydrogen (secondary N) is 9.